The molecule has 1 aromatic rings. The van der Waals surface area contributed by atoms with Crippen molar-refractivity contribution in [1.29, 1.82) is 0 Å². The molecule has 13 nitrogen and oxygen atoms in total. The van der Waals surface area contributed by atoms with Crippen molar-refractivity contribution in [3.05, 3.63) is 40.7 Å². The Balaban J connectivity index is 1.32. The highest BCUT2D eigenvalue weighted by Gasteiger charge is 2.72. The summed E-state index contributed by atoms with van der Waals surface area (Å²) in [6.07, 6.45) is 0.364. The normalized spacial score (nSPS) is 25.4. The molecule has 0 aromatic heterocycles. The van der Waals surface area contributed by atoms with Gasteiger partial charge in [0.1, 0.15) is 28.3 Å². The van der Waals surface area contributed by atoms with E-state index in [-0.39, 0.29) is 30.4 Å². The molecular formula is C38H51NO12. The number of rotatable bonds is 12. The van der Waals surface area contributed by atoms with Crippen molar-refractivity contribution in [2.75, 3.05) is 20.2 Å². The van der Waals surface area contributed by atoms with E-state index in [1.54, 1.807) is 53.7 Å². The van der Waals surface area contributed by atoms with Crippen molar-refractivity contribution in [2.45, 2.75) is 140 Å². The highest BCUT2D eigenvalue weighted by Crippen LogP contribution is 2.64. The monoisotopic (exact) mass is 713 g/mol. The minimum absolute atomic E-state index is 0.0979. The molecule has 0 amide bonds. The van der Waals surface area contributed by atoms with E-state index in [1.165, 1.54) is 0 Å². The first-order valence-corrected chi connectivity index (χ1v) is 17.8. The van der Waals surface area contributed by atoms with Gasteiger partial charge in [0.05, 0.1) is 36.9 Å². The van der Waals surface area contributed by atoms with Crippen LogP contribution in [0.25, 0.3) is 0 Å². The molecule has 5 atom stereocenters. The van der Waals surface area contributed by atoms with Gasteiger partial charge in [-0.3, -0.25) is 14.4 Å². The summed E-state index contributed by atoms with van der Waals surface area (Å²) in [5, 5.41) is 12.5. The van der Waals surface area contributed by atoms with Crippen LogP contribution in [0.15, 0.2) is 24.0 Å². The lowest BCUT2D eigenvalue weighted by molar-refractivity contribution is -0.175. The topological polar surface area (TPSA) is 164 Å². The van der Waals surface area contributed by atoms with Crippen LogP contribution in [0, 0.1) is 0 Å². The molecule has 2 aliphatic carbocycles. The third-order valence-electron chi connectivity index (χ3n) is 9.81. The number of benzene rings is 1. The molecule has 1 N–H and O–H groups in total. The maximum atomic E-state index is 13.4. The first kappa shape index (κ1) is 38.3. The lowest BCUT2D eigenvalue weighted by Gasteiger charge is -2.61. The predicted molar refractivity (Wildman–Crippen MR) is 182 cm³/mol. The highest BCUT2D eigenvalue weighted by atomic mass is 16.6. The molecule has 2 heterocycles. The molecular weight excluding hydrogens is 662 g/mol. The van der Waals surface area contributed by atoms with Crippen LogP contribution >= 0.6 is 0 Å². The smallest absolute Gasteiger partial charge is 0.348 e. The van der Waals surface area contributed by atoms with Gasteiger partial charge in [-0.25, -0.2) is 9.59 Å². The van der Waals surface area contributed by atoms with Crippen LogP contribution in [-0.2, 0) is 54.7 Å². The molecule has 0 radical (unpaired) electrons. The van der Waals surface area contributed by atoms with E-state index in [9.17, 15) is 29.1 Å². The Kier molecular flexibility index (Phi) is 10.7. The maximum Gasteiger partial charge on any atom is 0.348 e. The zero-order valence-corrected chi connectivity index (χ0v) is 30.9. The molecule has 1 unspecified atom stereocenters. The number of carbonyl (C=O) groups is 5. The van der Waals surface area contributed by atoms with Crippen LogP contribution in [0.4, 0.5) is 0 Å². The molecule has 1 spiro atoms. The number of likely N-dealkylation sites (N-methyl/N-ethyl adjacent to an activating group) is 1. The number of nitrogens with zero attached hydrogens (tertiary/aromatic N) is 1. The Labute approximate surface area is 298 Å². The average Bonchev–Trinajstić information content (AvgIpc) is 3.37. The van der Waals surface area contributed by atoms with Crippen LogP contribution in [0.3, 0.4) is 0 Å². The number of unbranched alkanes of at least 4 members (excludes halogenated alkanes) is 1. The second-order valence-corrected chi connectivity index (χ2v) is 15.9. The van der Waals surface area contributed by atoms with Gasteiger partial charge >= 0.3 is 29.8 Å². The van der Waals surface area contributed by atoms with Gasteiger partial charge in [-0.1, -0.05) is 19.4 Å². The zero-order valence-electron chi connectivity index (χ0n) is 30.9. The van der Waals surface area contributed by atoms with Crippen molar-refractivity contribution >= 4 is 29.8 Å². The quantitative estimate of drug-likeness (QED) is 0.186. The summed E-state index contributed by atoms with van der Waals surface area (Å²) < 4.78 is 33.9. The lowest BCUT2D eigenvalue weighted by atomic mass is 9.50. The Morgan fingerprint density at radius 3 is 2.35 bits per heavy atom. The summed E-state index contributed by atoms with van der Waals surface area (Å²) >= 11 is 0. The first-order chi connectivity index (χ1) is 23.8. The Morgan fingerprint density at radius 1 is 1.00 bits per heavy atom. The molecule has 1 aromatic carbocycles. The van der Waals surface area contributed by atoms with E-state index >= 15 is 0 Å². The van der Waals surface area contributed by atoms with Gasteiger partial charge in [-0.05, 0) is 92.1 Å². The number of likely N-dealkylation sites (tertiary alicyclic amines) is 1. The maximum absolute atomic E-state index is 13.4. The molecule has 1 fully saturated rings. The first-order valence-electron chi connectivity index (χ1n) is 17.8. The molecule has 13 heteroatoms. The third-order valence-corrected chi connectivity index (χ3v) is 9.81. The Hall–Kier alpha value is -3.97. The SMILES string of the molecule is CCCCOC(=O)[C@@H](CC(=O)OC(C)(C)C)OC(=O)CCC(=O)OC1=CC[C@@]2(O)C3Cc4ccc(C(=O)OC(C)(C)C)c5c4[C@@]2(CCN3C)[C@H]1O5. The zero-order chi connectivity index (χ0) is 37.5. The summed E-state index contributed by atoms with van der Waals surface area (Å²) in [5.74, 6) is -3.34. The van der Waals surface area contributed by atoms with E-state index in [2.05, 4.69) is 4.90 Å². The van der Waals surface area contributed by atoms with E-state index in [1.807, 2.05) is 20.0 Å². The summed E-state index contributed by atoms with van der Waals surface area (Å²) in [7, 11) is 1.97. The number of ether oxygens (including phenoxy) is 6. The van der Waals surface area contributed by atoms with Crippen molar-refractivity contribution in [3.63, 3.8) is 0 Å². The van der Waals surface area contributed by atoms with Crippen molar-refractivity contribution < 1.29 is 57.5 Å². The molecule has 51 heavy (non-hydrogen) atoms. The van der Waals surface area contributed by atoms with Gasteiger partial charge in [0.2, 0.25) is 6.10 Å². The van der Waals surface area contributed by atoms with Gasteiger partial charge in [-0.2, -0.15) is 0 Å². The van der Waals surface area contributed by atoms with Crippen LogP contribution in [0.2, 0.25) is 0 Å². The minimum atomic E-state index is -1.54. The van der Waals surface area contributed by atoms with Gasteiger partial charge < -0.3 is 38.4 Å². The van der Waals surface area contributed by atoms with E-state index < -0.39 is 83.5 Å². The fourth-order valence-electron chi connectivity index (χ4n) is 7.67. The second-order valence-electron chi connectivity index (χ2n) is 15.9. The van der Waals surface area contributed by atoms with Crippen LogP contribution < -0.4 is 4.74 Å². The fraction of sp³-hybridized carbons (Fsp3) is 0.658. The molecule has 2 bridgehead atoms. The summed E-state index contributed by atoms with van der Waals surface area (Å²) in [6.45, 7) is 13.0. The van der Waals surface area contributed by atoms with Crippen LogP contribution in [0.5, 0.6) is 5.75 Å². The van der Waals surface area contributed by atoms with Crippen LogP contribution in [0.1, 0.15) is 115 Å². The number of esters is 5. The summed E-state index contributed by atoms with van der Waals surface area (Å²) in [4.78, 5) is 66.8. The standard InChI is InChI=1S/C38H51NO12/c1-9-10-19-46-34(44)25(21-29(42)50-35(2,3)4)48-28(41)14-13-27(40)47-24-15-16-38(45)26-20-22-11-12-23(33(43)51-36(5,6)7)31-30(22)37(38,32(24)49-31)17-18-39(26)8/h11-12,15,25-26,32,45H,9-10,13-14,16-21H2,1-8H3/t25-,26?,32+,37+,38-/m1/s1. The molecule has 5 rings (SSSR count). The van der Waals surface area contributed by atoms with Gasteiger partial charge in [0.25, 0.3) is 0 Å². The third kappa shape index (κ3) is 7.65. The number of carbonyl (C=O) groups excluding carboxylic acids is 5. The largest absolute Gasteiger partial charge is 0.480 e. The van der Waals surface area contributed by atoms with Crippen molar-refractivity contribution in [1.82, 2.24) is 4.90 Å². The molecule has 280 valence electrons. The molecule has 4 aliphatic rings. The highest BCUT2D eigenvalue weighted by molar-refractivity contribution is 5.94. The number of hydrogen-bond acceptors (Lipinski definition) is 13. The van der Waals surface area contributed by atoms with E-state index in [4.69, 9.17) is 28.4 Å². The van der Waals surface area contributed by atoms with Gasteiger partial charge in [-0.15, -0.1) is 0 Å². The number of hydrogen-bond donors (Lipinski definition) is 1. The Morgan fingerprint density at radius 2 is 1.69 bits per heavy atom. The average molecular weight is 714 g/mol. The molecule has 1 saturated heterocycles. The molecule has 0 saturated carbocycles. The Bertz CT molecular complexity index is 1600. The second kappa shape index (κ2) is 14.2. The number of aliphatic hydroxyl groups is 1. The van der Waals surface area contributed by atoms with E-state index in [0.717, 1.165) is 17.5 Å². The van der Waals surface area contributed by atoms with Gasteiger partial charge in [0, 0.05) is 18.0 Å². The number of piperidine rings is 1. The fourth-order valence-corrected chi connectivity index (χ4v) is 7.67. The van der Waals surface area contributed by atoms with E-state index in [0.29, 0.717) is 31.6 Å². The summed E-state index contributed by atoms with van der Waals surface area (Å²) in [6, 6.07) is 3.34. The predicted octanol–water partition coefficient (Wildman–Crippen LogP) is 4.23. The van der Waals surface area contributed by atoms with Gasteiger partial charge in [0.15, 0.2) is 6.10 Å². The van der Waals surface area contributed by atoms with Crippen molar-refractivity contribution in [2.24, 2.45) is 0 Å². The minimum Gasteiger partial charge on any atom is -0.480 e. The van der Waals surface area contributed by atoms with Crippen molar-refractivity contribution in [3.8, 4) is 5.75 Å². The lowest BCUT2D eigenvalue weighted by Crippen LogP contribution is -2.74. The molecule has 2 aliphatic heterocycles. The van der Waals surface area contributed by atoms with Crippen LogP contribution in [-0.4, -0.2) is 95.1 Å². The summed E-state index contributed by atoms with van der Waals surface area (Å²) in [5.41, 5.74) is -1.92.